The molecule has 0 saturated heterocycles. The maximum Gasteiger partial charge on any atom is 0.269 e. The molecule has 0 spiro atoms. The zero-order chi connectivity index (χ0) is 20.2. The molecule has 0 saturated carbocycles. The number of benzene rings is 2. The normalized spacial score (nSPS) is 10.6. The SMILES string of the molecule is O=C(COc1ccc([N+](=O)[O-])cc1)Nc1cccc(-c2nc3ncccc3o2)c1. The molecule has 144 valence electrons. The minimum absolute atomic E-state index is 0.0481. The Balaban J connectivity index is 1.40. The van der Waals surface area contributed by atoms with E-state index < -0.39 is 4.92 Å². The van der Waals surface area contributed by atoms with E-state index in [1.54, 1.807) is 36.5 Å². The predicted molar refractivity (Wildman–Crippen MR) is 104 cm³/mol. The van der Waals surface area contributed by atoms with Crippen molar-refractivity contribution < 1.29 is 18.9 Å². The molecule has 9 heteroatoms. The lowest BCUT2D eigenvalue weighted by atomic mass is 10.2. The second-order valence-corrected chi connectivity index (χ2v) is 6.01. The molecule has 1 N–H and O–H groups in total. The molecule has 2 heterocycles. The van der Waals surface area contributed by atoms with E-state index in [9.17, 15) is 14.9 Å². The van der Waals surface area contributed by atoms with E-state index in [1.165, 1.54) is 24.3 Å². The molecular formula is C20H14N4O5. The summed E-state index contributed by atoms with van der Waals surface area (Å²) < 4.78 is 11.0. The van der Waals surface area contributed by atoms with Gasteiger partial charge in [-0.15, -0.1) is 0 Å². The summed E-state index contributed by atoms with van der Waals surface area (Å²) in [6, 6.07) is 16.1. The maximum atomic E-state index is 12.2. The average Bonchev–Trinajstić information content (AvgIpc) is 3.17. The van der Waals surface area contributed by atoms with Gasteiger partial charge in [-0.2, -0.15) is 4.98 Å². The van der Waals surface area contributed by atoms with E-state index in [-0.39, 0.29) is 18.2 Å². The quantitative estimate of drug-likeness (QED) is 0.392. The molecule has 0 radical (unpaired) electrons. The van der Waals surface area contributed by atoms with Crippen LogP contribution in [0.1, 0.15) is 0 Å². The van der Waals surface area contributed by atoms with Crippen LogP contribution in [0.25, 0.3) is 22.7 Å². The summed E-state index contributed by atoms with van der Waals surface area (Å²) in [5.41, 5.74) is 2.28. The molecule has 0 fully saturated rings. The summed E-state index contributed by atoms with van der Waals surface area (Å²) in [5, 5.41) is 13.4. The average molecular weight is 390 g/mol. The van der Waals surface area contributed by atoms with Crippen LogP contribution >= 0.6 is 0 Å². The molecule has 29 heavy (non-hydrogen) atoms. The maximum absolute atomic E-state index is 12.2. The lowest BCUT2D eigenvalue weighted by Gasteiger charge is -2.08. The largest absolute Gasteiger partial charge is 0.484 e. The molecule has 2 aromatic heterocycles. The van der Waals surface area contributed by atoms with Crippen LogP contribution < -0.4 is 10.1 Å². The summed E-state index contributed by atoms with van der Waals surface area (Å²) >= 11 is 0. The summed E-state index contributed by atoms with van der Waals surface area (Å²) in [5.74, 6) is 0.384. The lowest BCUT2D eigenvalue weighted by Crippen LogP contribution is -2.20. The van der Waals surface area contributed by atoms with Crippen LogP contribution in [0.2, 0.25) is 0 Å². The van der Waals surface area contributed by atoms with E-state index in [4.69, 9.17) is 9.15 Å². The highest BCUT2D eigenvalue weighted by molar-refractivity contribution is 5.92. The Morgan fingerprint density at radius 3 is 2.72 bits per heavy atom. The number of pyridine rings is 1. The zero-order valence-corrected chi connectivity index (χ0v) is 14.9. The van der Waals surface area contributed by atoms with Gasteiger partial charge in [-0.05, 0) is 42.5 Å². The number of fused-ring (bicyclic) bond motifs is 1. The number of nitrogens with one attached hydrogen (secondary N) is 1. The van der Waals surface area contributed by atoms with Crippen molar-refractivity contribution in [2.45, 2.75) is 0 Å². The van der Waals surface area contributed by atoms with Gasteiger partial charge in [-0.25, -0.2) is 4.98 Å². The highest BCUT2D eigenvalue weighted by atomic mass is 16.6. The number of anilines is 1. The van der Waals surface area contributed by atoms with Gasteiger partial charge in [0.1, 0.15) is 5.75 Å². The Hall–Kier alpha value is -4.27. The van der Waals surface area contributed by atoms with Gasteiger partial charge in [0, 0.05) is 29.6 Å². The minimum atomic E-state index is -0.504. The molecule has 0 aliphatic rings. The van der Waals surface area contributed by atoms with Crippen LogP contribution in [0.15, 0.2) is 71.3 Å². The Bertz CT molecular complexity index is 1150. The van der Waals surface area contributed by atoms with E-state index in [1.807, 2.05) is 6.07 Å². The summed E-state index contributed by atoms with van der Waals surface area (Å²) in [4.78, 5) is 30.8. The summed E-state index contributed by atoms with van der Waals surface area (Å²) in [7, 11) is 0. The third-order valence-corrected chi connectivity index (χ3v) is 3.98. The van der Waals surface area contributed by atoms with Crippen molar-refractivity contribution in [1.29, 1.82) is 0 Å². The number of nitro benzene ring substituents is 1. The number of carbonyl (C=O) groups excluding carboxylic acids is 1. The van der Waals surface area contributed by atoms with Gasteiger partial charge < -0.3 is 14.5 Å². The fraction of sp³-hybridized carbons (Fsp3) is 0.0500. The van der Waals surface area contributed by atoms with Crippen LogP contribution in [-0.4, -0.2) is 27.4 Å². The molecule has 1 amide bonds. The second-order valence-electron chi connectivity index (χ2n) is 6.01. The first kappa shape index (κ1) is 18.1. The molecule has 0 atom stereocenters. The van der Waals surface area contributed by atoms with Gasteiger partial charge in [0.2, 0.25) is 5.89 Å². The Labute approximate surface area is 164 Å². The van der Waals surface area contributed by atoms with Gasteiger partial charge in [-0.1, -0.05) is 6.07 Å². The van der Waals surface area contributed by atoms with Gasteiger partial charge in [-0.3, -0.25) is 14.9 Å². The molecule has 2 aromatic carbocycles. The van der Waals surface area contributed by atoms with Crippen LogP contribution in [0.5, 0.6) is 5.75 Å². The Morgan fingerprint density at radius 1 is 1.14 bits per heavy atom. The van der Waals surface area contributed by atoms with Crippen molar-refractivity contribution >= 4 is 28.5 Å². The number of non-ortho nitro benzene ring substituents is 1. The van der Waals surface area contributed by atoms with E-state index in [0.717, 1.165) is 0 Å². The first-order chi connectivity index (χ1) is 14.1. The summed E-state index contributed by atoms with van der Waals surface area (Å²) in [6.07, 6.45) is 1.64. The number of nitro groups is 1. The standard InChI is InChI=1S/C20H14N4O5/c25-18(12-28-16-8-6-15(7-9-16)24(26)27)22-14-4-1-3-13(11-14)20-23-19-17(29-20)5-2-10-21-19/h1-11H,12H2,(H,22,25). The molecule has 4 aromatic rings. The van der Waals surface area contributed by atoms with E-state index in [2.05, 4.69) is 15.3 Å². The van der Waals surface area contributed by atoms with Gasteiger partial charge in [0.25, 0.3) is 11.6 Å². The molecular weight excluding hydrogens is 376 g/mol. The zero-order valence-electron chi connectivity index (χ0n) is 14.9. The van der Waals surface area contributed by atoms with Crippen molar-refractivity contribution in [2.75, 3.05) is 11.9 Å². The van der Waals surface area contributed by atoms with Crippen LogP contribution in [0.4, 0.5) is 11.4 Å². The molecule has 0 unspecified atom stereocenters. The Kier molecular flexibility index (Phi) is 4.85. The van der Waals surface area contributed by atoms with Gasteiger partial charge >= 0.3 is 0 Å². The number of hydrogen-bond acceptors (Lipinski definition) is 7. The van der Waals surface area contributed by atoms with Crippen molar-refractivity contribution in [2.24, 2.45) is 0 Å². The molecule has 4 rings (SSSR count). The number of carbonyl (C=O) groups is 1. The second kappa shape index (κ2) is 7.77. The number of ether oxygens (including phenoxy) is 1. The van der Waals surface area contributed by atoms with E-state index >= 15 is 0 Å². The number of hydrogen-bond donors (Lipinski definition) is 1. The van der Waals surface area contributed by atoms with Gasteiger partial charge in [0.05, 0.1) is 4.92 Å². The number of amides is 1. The van der Waals surface area contributed by atoms with Crippen LogP contribution in [-0.2, 0) is 4.79 Å². The third kappa shape index (κ3) is 4.19. The Morgan fingerprint density at radius 2 is 1.97 bits per heavy atom. The number of rotatable bonds is 6. The topological polar surface area (TPSA) is 120 Å². The third-order valence-electron chi connectivity index (χ3n) is 3.98. The number of aromatic nitrogens is 2. The highest BCUT2D eigenvalue weighted by Gasteiger charge is 2.11. The van der Waals surface area contributed by atoms with Gasteiger partial charge in [0.15, 0.2) is 17.8 Å². The predicted octanol–water partition coefficient (Wildman–Crippen LogP) is 3.82. The lowest BCUT2D eigenvalue weighted by molar-refractivity contribution is -0.384. The van der Waals surface area contributed by atoms with Crippen molar-refractivity contribution in [3.05, 3.63) is 77.0 Å². The monoisotopic (exact) mass is 390 g/mol. The minimum Gasteiger partial charge on any atom is -0.484 e. The first-order valence-corrected chi connectivity index (χ1v) is 8.57. The highest BCUT2D eigenvalue weighted by Crippen LogP contribution is 2.25. The molecule has 0 bridgehead atoms. The van der Waals surface area contributed by atoms with Crippen LogP contribution in [0.3, 0.4) is 0 Å². The van der Waals surface area contributed by atoms with Crippen molar-refractivity contribution in [3.63, 3.8) is 0 Å². The number of oxazole rings is 1. The van der Waals surface area contributed by atoms with Crippen molar-refractivity contribution in [1.82, 2.24) is 9.97 Å². The molecule has 0 aliphatic heterocycles. The molecule has 0 aliphatic carbocycles. The van der Waals surface area contributed by atoms with Crippen molar-refractivity contribution in [3.8, 4) is 17.2 Å². The van der Waals surface area contributed by atoms with E-state index in [0.29, 0.717) is 34.1 Å². The fourth-order valence-electron chi connectivity index (χ4n) is 2.63. The summed E-state index contributed by atoms with van der Waals surface area (Å²) in [6.45, 7) is -0.241. The smallest absolute Gasteiger partial charge is 0.269 e. The number of nitrogens with zero attached hydrogens (tertiary/aromatic N) is 3. The first-order valence-electron chi connectivity index (χ1n) is 8.57. The fourth-order valence-corrected chi connectivity index (χ4v) is 2.63. The van der Waals surface area contributed by atoms with Crippen LogP contribution in [0, 0.1) is 10.1 Å². The molecule has 9 nitrogen and oxygen atoms in total.